The van der Waals surface area contributed by atoms with Crippen molar-refractivity contribution in [1.29, 1.82) is 5.26 Å². The number of aromatic nitrogens is 2. The molecule has 1 N–H and O–H groups in total. The van der Waals surface area contributed by atoms with Crippen molar-refractivity contribution >= 4 is 15.9 Å². The predicted molar refractivity (Wildman–Crippen MR) is 127 cm³/mol. The maximum absolute atomic E-state index is 14.7. The zero-order valence-electron chi connectivity index (χ0n) is 20.5. The van der Waals surface area contributed by atoms with Crippen molar-refractivity contribution < 1.29 is 39.6 Å². The average molecular weight is 584 g/mol. The Kier molecular flexibility index (Phi) is 7.86. The first kappa shape index (κ1) is 29.0. The number of nitriles is 1. The van der Waals surface area contributed by atoms with Crippen molar-refractivity contribution in [3.05, 3.63) is 77.4 Å². The van der Waals surface area contributed by atoms with Gasteiger partial charge in [0.15, 0.2) is 0 Å². The van der Waals surface area contributed by atoms with Crippen molar-refractivity contribution in [2.75, 3.05) is 0 Å². The Morgan fingerprint density at radius 3 is 2.35 bits per heavy atom. The van der Waals surface area contributed by atoms with E-state index in [4.69, 9.17) is 0 Å². The van der Waals surface area contributed by atoms with Crippen LogP contribution >= 0.6 is 0 Å². The molecule has 8 nitrogen and oxygen atoms in total. The van der Waals surface area contributed by atoms with Crippen LogP contribution in [0.15, 0.2) is 53.7 Å². The van der Waals surface area contributed by atoms with Gasteiger partial charge in [0.1, 0.15) is 23.8 Å². The van der Waals surface area contributed by atoms with Crippen LogP contribution in [0.25, 0.3) is 11.1 Å². The van der Waals surface area contributed by atoms with E-state index >= 15 is 0 Å². The first-order valence-electron chi connectivity index (χ1n) is 11.6. The minimum atomic E-state index is -4.81. The summed E-state index contributed by atoms with van der Waals surface area (Å²) in [6, 6.07) is 4.75. The number of alkyl halides is 4. The van der Waals surface area contributed by atoms with E-state index in [0.717, 1.165) is 48.8 Å². The fourth-order valence-electron chi connectivity index (χ4n) is 4.30. The predicted octanol–water partition coefficient (Wildman–Crippen LogP) is 4.12. The summed E-state index contributed by atoms with van der Waals surface area (Å²) in [6.07, 6.45) is -5.48. The molecule has 0 aliphatic carbocycles. The summed E-state index contributed by atoms with van der Waals surface area (Å²) in [5.41, 5.74) is -0.559. The van der Waals surface area contributed by atoms with Gasteiger partial charge in [-0.15, -0.1) is 0 Å². The molecule has 0 saturated carbocycles. The molecule has 1 amide bonds. The second kappa shape index (κ2) is 10.9. The molecule has 4 rings (SSSR count). The lowest BCUT2D eigenvalue weighted by Crippen LogP contribution is -2.48. The number of nitrogens with one attached hydrogen (secondary N) is 1. The second-order valence-electron chi connectivity index (χ2n) is 8.91. The van der Waals surface area contributed by atoms with Gasteiger partial charge in [0, 0.05) is 36.5 Å². The Bertz CT molecular complexity index is 1570. The minimum Gasteiger partial charge on any atom is -0.351 e. The Labute approximate surface area is 224 Å². The van der Waals surface area contributed by atoms with Gasteiger partial charge >= 0.3 is 6.18 Å². The summed E-state index contributed by atoms with van der Waals surface area (Å²) in [6.45, 7) is 0.855. The van der Waals surface area contributed by atoms with Crippen LogP contribution in [-0.2, 0) is 27.5 Å². The van der Waals surface area contributed by atoms with Crippen molar-refractivity contribution in [3.63, 3.8) is 0 Å². The zero-order chi connectivity index (χ0) is 29.4. The van der Waals surface area contributed by atoms with Crippen molar-refractivity contribution in [2.24, 2.45) is 0 Å². The third kappa shape index (κ3) is 5.63. The molecule has 15 heteroatoms. The number of nitrogens with zero attached hydrogens (tertiary/aromatic N) is 4. The Morgan fingerprint density at radius 2 is 1.77 bits per heavy atom. The third-order valence-corrected chi connectivity index (χ3v) is 8.36. The van der Waals surface area contributed by atoms with Gasteiger partial charge in [0.25, 0.3) is 0 Å². The molecule has 3 aromatic rings. The first-order chi connectivity index (χ1) is 18.7. The van der Waals surface area contributed by atoms with Crippen LogP contribution in [0, 0.1) is 23.0 Å². The third-order valence-electron chi connectivity index (χ3n) is 6.35. The molecule has 2 aromatic carbocycles. The van der Waals surface area contributed by atoms with Gasteiger partial charge in [-0.05, 0) is 48.9 Å². The summed E-state index contributed by atoms with van der Waals surface area (Å²) in [5.74, 6) is -4.00. The number of amides is 1. The summed E-state index contributed by atoms with van der Waals surface area (Å²) in [4.78, 5) is 19.1. The van der Waals surface area contributed by atoms with E-state index in [-0.39, 0.29) is 27.1 Å². The fourth-order valence-corrected chi connectivity index (χ4v) is 6.11. The summed E-state index contributed by atoms with van der Waals surface area (Å²) in [5, 5.41) is 11.8. The summed E-state index contributed by atoms with van der Waals surface area (Å²) >= 11 is 0. The number of sulfonamides is 1. The van der Waals surface area contributed by atoms with Gasteiger partial charge < -0.3 is 5.32 Å². The smallest absolute Gasteiger partial charge is 0.351 e. The van der Waals surface area contributed by atoms with Crippen LogP contribution in [-0.4, -0.2) is 46.9 Å². The lowest BCUT2D eigenvalue weighted by Gasteiger charge is -2.27. The van der Waals surface area contributed by atoms with E-state index in [1.54, 1.807) is 6.07 Å². The van der Waals surface area contributed by atoms with Gasteiger partial charge in [-0.3, -0.25) is 4.79 Å². The number of halogens is 6. The standard InChI is InChI=1S/C25H19F6N5O3S/c1-13-20(27)8-22(36(13)40(38,39)18-4-2-17(26)3-5-18)23(37)33-10-15-6-19(21(28)7-14(15)9-32)16-11-34-24(35-12-16)25(29,30)31/h2-7,11-13,20,22H,8,10H2,1H3,(H,33,37)/t13-,20+,22-/m0/s1. The number of benzene rings is 2. The van der Waals surface area contributed by atoms with Crippen molar-refractivity contribution in [1.82, 2.24) is 19.6 Å². The molecule has 0 bridgehead atoms. The number of carbonyl (C=O) groups excluding carboxylic acids is 1. The molecule has 1 aromatic heterocycles. The normalized spacial score (nSPS) is 19.8. The molecule has 1 aliphatic heterocycles. The van der Waals surface area contributed by atoms with Gasteiger partial charge in [0.05, 0.1) is 22.6 Å². The highest BCUT2D eigenvalue weighted by Crippen LogP contribution is 2.34. The monoisotopic (exact) mass is 583 g/mol. The van der Waals surface area contributed by atoms with Crippen molar-refractivity contribution in [2.45, 2.75) is 49.2 Å². The number of hydrogen-bond acceptors (Lipinski definition) is 6. The quantitative estimate of drug-likeness (QED) is 0.437. The van der Waals surface area contributed by atoms with Crippen molar-refractivity contribution in [3.8, 4) is 17.2 Å². The van der Waals surface area contributed by atoms with Crippen LogP contribution in [0.5, 0.6) is 0 Å². The van der Waals surface area contributed by atoms with Crippen LogP contribution in [0.2, 0.25) is 0 Å². The minimum absolute atomic E-state index is 0.0444. The number of rotatable bonds is 6. The van der Waals surface area contributed by atoms with Crippen LogP contribution < -0.4 is 5.32 Å². The lowest BCUT2D eigenvalue weighted by atomic mass is 10.00. The van der Waals surface area contributed by atoms with E-state index in [1.165, 1.54) is 6.92 Å². The van der Waals surface area contributed by atoms with Gasteiger partial charge in [0.2, 0.25) is 21.8 Å². The first-order valence-corrected chi connectivity index (χ1v) is 13.0. The maximum Gasteiger partial charge on any atom is 0.451 e. The van der Waals surface area contributed by atoms with E-state index in [0.29, 0.717) is 4.31 Å². The number of carbonyl (C=O) groups is 1. The SMILES string of the molecule is C[C@H]1[C@H](F)C[C@@H](C(=O)NCc2cc(-c3cnc(C(F)(F)F)nc3)c(F)cc2C#N)N1S(=O)(=O)c1ccc(F)cc1. The molecule has 1 fully saturated rings. The Balaban J connectivity index is 1.59. The van der Waals surface area contributed by atoms with E-state index in [1.807, 2.05) is 0 Å². The maximum atomic E-state index is 14.7. The molecule has 3 atom stereocenters. The zero-order valence-corrected chi connectivity index (χ0v) is 21.3. The van der Waals surface area contributed by atoms with E-state index in [9.17, 15) is 44.8 Å². The Morgan fingerprint density at radius 1 is 1.15 bits per heavy atom. The van der Waals surface area contributed by atoms with Crippen LogP contribution in [0.1, 0.15) is 30.3 Å². The van der Waals surface area contributed by atoms with Crippen LogP contribution in [0.3, 0.4) is 0 Å². The van der Waals surface area contributed by atoms with Gasteiger partial charge in [-0.2, -0.15) is 22.7 Å². The molecular formula is C25H19F6N5O3S. The van der Waals surface area contributed by atoms with Crippen LogP contribution in [0.4, 0.5) is 26.3 Å². The molecule has 1 saturated heterocycles. The summed E-state index contributed by atoms with van der Waals surface area (Å²) in [7, 11) is -4.42. The second-order valence-corrected chi connectivity index (χ2v) is 10.8. The molecule has 1 aliphatic rings. The molecule has 0 spiro atoms. The number of hydrogen-bond donors (Lipinski definition) is 1. The topological polar surface area (TPSA) is 116 Å². The molecule has 2 heterocycles. The molecular weight excluding hydrogens is 564 g/mol. The van der Waals surface area contributed by atoms with Gasteiger partial charge in [-0.1, -0.05) is 0 Å². The fraction of sp³-hybridized carbons (Fsp3) is 0.280. The summed E-state index contributed by atoms with van der Waals surface area (Å²) < 4.78 is 108. The highest BCUT2D eigenvalue weighted by molar-refractivity contribution is 7.89. The highest BCUT2D eigenvalue weighted by Gasteiger charge is 2.49. The molecule has 0 unspecified atom stereocenters. The van der Waals surface area contributed by atoms with E-state index in [2.05, 4.69) is 15.3 Å². The molecule has 210 valence electrons. The Hall–Kier alpha value is -4.03. The largest absolute Gasteiger partial charge is 0.451 e. The average Bonchev–Trinajstić information content (AvgIpc) is 3.22. The molecule has 0 radical (unpaired) electrons. The lowest BCUT2D eigenvalue weighted by molar-refractivity contribution is -0.145. The van der Waals surface area contributed by atoms with Gasteiger partial charge in [-0.25, -0.2) is 31.6 Å². The highest BCUT2D eigenvalue weighted by atomic mass is 32.2. The molecule has 40 heavy (non-hydrogen) atoms. The van der Waals surface area contributed by atoms with E-state index < -0.39 is 70.8 Å².